The van der Waals surface area contributed by atoms with E-state index in [4.69, 9.17) is 0 Å². The zero-order valence-corrected chi connectivity index (χ0v) is 17.0. The van der Waals surface area contributed by atoms with E-state index in [1.165, 1.54) is 11.1 Å². The summed E-state index contributed by atoms with van der Waals surface area (Å²) in [6.07, 6.45) is 7.37. The van der Waals surface area contributed by atoms with Crippen molar-refractivity contribution in [1.82, 2.24) is 30.7 Å². The Labute approximate surface area is 177 Å². The first-order valence-electron chi connectivity index (χ1n) is 10.3. The molecule has 2 aromatic heterocycles. The molecule has 0 unspecified atom stereocenters. The van der Waals surface area contributed by atoms with Crippen LogP contribution in [0.5, 0.6) is 5.75 Å². The van der Waals surface area contributed by atoms with Crippen molar-refractivity contribution in [2.45, 2.75) is 49.7 Å². The van der Waals surface area contributed by atoms with Crippen LogP contribution in [0.15, 0.2) is 36.8 Å². The fraction of sp³-hybridized carbons (Fsp3) is 0.429. The van der Waals surface area contributed by atoms with Crippen LogP contribution in [0.3, 0.4) is 0 Å². The summed E-state index contributed by atoms with van der Waals surface area (Å²) in [4.78, 5) is 5.77. The van der Waals surface area contributed by atoms with Gasteiger partial charge in [-0.25, -0.2) is 13.8 Å². The molecule has 0 radical (unpaired) electrons. The maximum atomic E-state index is 15.0. The van der Waals surface area contributed by atoms with E-state index in [0.717, 1.165) is 24.0 Å². The number of anilines is 1. The molecule has 1 aromatic carbocycles. The zero-order chi connectivity index (χ0) is 21.6. The summed E-state index contributed by atoms with van der Waals surface area (Å²) in [6, 6.07) is 3.43. The van der Waals surface area contributed by atoms with Crippen molar-refractivity contribution in [3.8, 4) is 28.3 Å². The maximum absolute atomic E-state index is 15.0. The van der Waals surface area contributed by atoms with Crippen molar-refractivity contribution in [3.05, 3.63) is 36.8 Å². The molecule has 2 bridgehead atoms. The molecule has 4 heterocycles. The van der Waals surface area contributed by atoms with E-state index < -0.39 is 18.0 Å². The Morgan fingerprint density at radius 2 is 2.03 bits per heavy atom. The summed E-state index contributed by atoms with van der Waals surface area (Å²) < 4.78 is 30.0. The first-order chi connectivity index (χ1) is 14.9. The predicted octanol–water partition coefficient (Wildman–Crippen LogP) is 2.99. The molecule has 31 heavy (non-hydrogen) atoms. The van der Waals surface area contributed by atoms with Crippen molar-refractivity contribution >= 4 is 5.82 Å². The molecule has 2 aliphatic heterocycles. The Bertz CT molecular complexity index is 1060. The van der Waals surface area contributed by atoms with Gasteiger partial charge in [-0.05, 0) is 37.0 Å². The highest BCUT2D eigenvalue weighted by Gasteiger charge is 2.54. The number of fused-ring (bicyclic) bond motifs is 2. The third-order valence-corrected chi connectivity index (χ3v) is 6.35. The van der Waals surface area contributed by atoms with Crippen LogP contribution in [0.4, 0.5) is 14.6 Å². The van der Waals surface area contributed by atoms with Crippen molar-refractivity contribution < 1.29 is 13.9 Å². The third-order valence-electron chi connectivity index (χ3n) is 6.35. The van der Waals surface area contributed by atoms with Gasteiger partial charge >= 0.3 is 0 Å². The Morgan fingerprint density at radius 3 is 2.74 bits per heavy atom. The number of phenolic OH excluding ortho intramolecular Hbond substituents is 1. The quantitative estimate of drug-likeness (QED) is 0.588. The largest absolute Gasteiger partial charge is 0.507 e. The molecule has 0 aliphatic carbocycles. The molecule has 0 amide bonds. The first-order valence-corrected chi connectivity index (χ1v) is 10.3. The second-order valence-corrected chi connectivity index (χ2v) is 8.24. The maximum Gasteiger partial charge on any atom is 0.283 e. The molecule has 3 atom stereocenters. The molecule has 10 heteroatoms. The van der Waals surface area contributed by atoms with Gasteiger partial charge in [-0.1, -0.05) is 12.5 Å². The number of rotatable bonds is 4. The van der Waals surface area contributed by atoms with Crippen LogP contribution in [-0.2, 0) is 0 Å². The van der Waals surface area contributed by atoms with Crippen LogP contribution >= 0.6 is 0 Å². The number of piperidine rings is 2. The minimum Gasteiger partial charge on any atom is -0.507 e. The minimum absolute atomic E-state index is 0.000631. The Morgan fingerprint density at radius 1 is 1.16 bits per heavy atom. The number of phenols is 1. The average molecular weight is 427 g/mol. The molecule has 3 N–H and O–H groups in total. The number of hydrogen-bond donors (Lipinski definition) is 3. The number of hydrogen-bond acceptors (Lipinski definition) is 7. The molecule has 2 saturated heterocycles. The number of alkyl halides is 2. The summed E-state index contributed by atoms with van der Waals surface area (Å²) in [5, 5.41) is 28.4. The normalized spacial score (nSPS) is 24.7. The summed E-state index contributed by atoms with van der Waals surface area (Å²) in [5.41, 5.74) is 2.04. The number of nitrogens with zero attached hydrogens (tertiary/aromatic N) is 5. The highest BCUT2D eigenvalue weighted by molar-refractivity contribution is 5.72. The van der Waals surface area contributed by atoms with Gasteiger partial charge in [-0.2, -0.15) is 5.10 Å². The van der Waals surface area contributed by atoms with E-state index in [1.54, 1.807) is 31.6 Å². The molecular weight excluding hydrogens is 404 g/mol. The van der Waals surface area contributed by atoms with E-state index >= 15 is 8.78 Å². The molecule has 8 nitrogen and oxygen atoms in total. The number of aromatic amines is 1. The third kappa shape index (κ3) is 3.50. The Balaban J connectivity index is 1.37. The standard InChI is InChI=1S/C21H23F2N7O/c1-30(18-8-14-3-2-4-17(27-14)21(18,22)23)19-11-24-20(29-28-19)15-6-5-12(7-16(15)31)13-9-25-26-10-13/h5-7,9-11,14,17-18,27,31H,2-4,8H2,1H3,(H,25,26)/t14-,17+,18-/m1/s1. The zero-order valence-electron chi connectivity index (χ0n) is 17.0. The van der Waals surface area contributed by atoms with E-state index in [9.17, 15) is 5.11 Å². The number of H-pyrrole nitrogens is 1. The number of benzene rings is 1. The lowest BCUT2D eigenvalue weighted by Crippen LogP contribution is -2.67. The van der Waals surface area contributed by atoms with Crippen LogP contribution in [0.2, 0.25) is 0 Å². The van der Waals surface area contributed by atoms with Crippen molar-refractivity contribution in [1.29, 1.82) is 0 Å². The van der Waals surface area contributed by atoms with E-state index in [-0.39, 0.29) is 23.4 Å². The Hall–Kier alpha value is -3.14. The van der Waals surface area contributed by atoms with Crippen LogP contribution < -0.4 is 10.2 Å². The van der Waals surface area contributed by atoms with Gasteiger partial charge in [0, 0.05) is 24.8 Å². The molecule has 2 aliphatic rings. The van der Waals surface area contributed by atoms with Gasteiger partial charge in [0.25, 0.3) is 5.92 Å². The second-order valence-electron chi connectivity index (χ2n) is 8.24. The molecule has 2 fully saturated rings. The van der Waals surface area contributed by atoms with E-state index in [2.05, 4.69) is 30.7 Å². The summed E-state index contributed by atoms with van der Waals surface area (Å²) in [6.45, 7) is 0. The number of aromatic hydroxyl groups is 1. The fourth-order valence-electron chi connectivity index (χ4n) is 4.61. The number of halogens is 2. The average Bonchev–Trinajstić information content (AvgIpc) is 3.32. The summed E-state index contributed by atoms with van der Waals surface area (Å²) >= 11 is 0. The van der Waals surface area contributed by atoms with Gasteiger partial charge in [-0.3, -0.25) is 5.10 Å². The number of aromatic nitrogens is 5. The SMILES string of the molecule is CN(c1cnc(-c2ccc(-c3cn[nH]c3)cc2O)nn1)[C@@H]1C[C@H]2CCC[C@H](N2)C1(F)F. The monoisotopic (exact) mass is 427 g/mol. The van der Waals surface area contributed by atoms with Gasteiger partial charge in [0.15, 0.2) is 11.6 Å². The summed E-state index contributed by atoms with van der Waals surface area (Å²) in [5.74, 6) is -2.36. The lowest BCUT2D eigenvalue weighted by Gasteiger charge is -2.48. The smallest absolute Gasteiger partial charge is 0.283 e. The minimum atomic E-state index is -2.87. The van der Waals surface area contributed by atoms with Crippen LogP contribution in [0.25, 0.3) is 22.5 Å². The molecule has 3 aromatic rings. The van der Waals surface area contributed by atoms with Crippen molar-refractivity contribution in [2.75, 3.05) is 11.9 Å². The molecule has 162 valence electrons. The topological polar surface area (TPSA) is 103 Å². The van der Waals surface area contributed by atoms with Gasteiger partial charge in [0.05, 0.1) is 30.0 Å². The Kier molecular flexibility index (Phi) is 4.81. The predicted molar refractivity (Wildman–Crippen MR) is 111 cm³/mol. The summed E-state index contributed by atoms with van der Waals surface area (Å²) in [7, 11) is 1.61. The lowest BCUT2D eigenvalue weighted by molar-refractivity contribution is -0.0989. The lowest BCUT2D eigenvalue weighted by atomic mass is 9.80. The second kappa shape index (κ2) is 7.52. The van der Waals surface area contributed by atoms with E-state index in [1.807, 2.05) is 6.07 Å². The molecular formula is C21H23F2N7O. The molecule has 0 saturated carbocycles. The van der Waals surface area contributed by atoms with Crippen LogP contribution in [0.1, 0.15) is 25.7 Å². The molecule has 0 spiro atoms. The van der Waals surface area contributed by atoms with Gasteiger partial charge < -0.3 is 15.3 Å². The van der Waals surface area contributed by atoms with Crippen molar-refractivity contribution in [3.63, 3.8) is 0 Å². The van der Waals surface area contributed by atoms with Gasteiger partial charge in [-0.15, -0.1) is 10.2 Å². The fourth-order valence-corrected chi connectivity index (χ4v) is 4.61. The van der Waals surface area contributed by atoms with Crippen molar-refractivity contribution in [2.24, 2.45) is 0 Å². The van der Waals surface area contributed by atoms with Crippen LogP contribution in [-0.4, -0.2) is 61.6 Å². The van der Waals surface area contributed by atoms with Crippen LogP contribution in [0, 0.1) is 0 Å². The number of nitrogens with one attached hydrogen (secondary N) is 2. The highest BCUT2D eigenvalue weighted by Crippen LogP contribution is 2.40. The van der Waals surface area contributed by atoms with Gasteiger partial charge in [0.1, 0.15) is 5.75 Å². The highest BCUT2D eigenvalue weighted by atomic mass is 19.3. The molecule has 5 rings (SSSR count). The van der Waals surface area contributed by atoms with E-state index in [0.29, 0.717) is 18.4 Å². The first kappa shape index (κ1) is 19.8. The van der Waals surface area contributed by atoms with Gasteiger partial charge in [0.2, 0.25) is 0 Å².